The summed E-state index contributed by atoms with van der Waals surface area (Å²) in [5.74, 6) is -0.0724. The summed E-state index contributed by atoms with van der Waals surface area (Å²) in [7, 11) is 0. The highest BCUT2D eigenvalue weighted by Crippen LogP contribution is 2.12. The van der Waals surface area contributed by atoms with Crippen molar-refractivity contribution in [1.29, 1.82) is 0 Å². The van der Waals surface area contributed by atoms with Crippen LogP contribution in [0.1, 0.15) is 11.3 Å². The Balaban J connectivity index is 1.67. The minimum Gasteiger partial charge on any atom is -0.399 e. The first-order valence-electron chi connectivity index (χ1n) is 5.99. The van der Waals surface area contributed by atoms with E-state index in [9.17, 15) is 4.79 Å². The Labute approximate surface area is 116 Å². The van der Waals surface area contributed by atoms with Crippen LogP contribution in [0, 0.1) is 0 Å². The molecule has 0 spiro atoms. The number of amides is 1. The van der Waals surface area contributed by atoms with Crippen LogP contribution in [0.15, 0.2) is 41.8 Å². The van der Waals surface area contributed by atoms with Crippen LogP contribution in [0.4, 0.5) is 11.4 Å². The molecule has 5 heteroatoms. The number of rotatable bonds is 6. The fraction of sp³-hybridized carbons (Fsp3) is 0.214. The second-order valence-electron chi connectivity index (χ2n) is 4.06. The largest absolute Gasteiger partial charge is 0.399 e. The van der Waals surface area contributed by atoms with Crippen LogP contribution < -0.4 is 11.1 Å². The number of ether oxygens (including phenoxy) is 1. The molecular weight excluding hydrogens is 260 g/mol. The summed E-state index contributed by atoms with van der Waals surface area (Å²) in [5.41, 5.74) is 6.98. The molecule has 0 atom stereocenters. The van der Waals surface area contributed by atoms with Gasteiger partial charge in [0.1, 0.15) is 0 Å². The number of benzene rings is 1. The van der Waals surface area contributed by atoms with Crippen LogP contribution in [-0.2, 0) is 16.1 Å². The van der Waals surface area contributed by atoms with Crippen LogP contribution in [0.3, 0.4) is 0 Å². The fourth-order valence-electron chi connectivity index (χ4n) is 1.57. The number of nitrogens with two attached hydrogens (primary N) is 1. The van der Waals surface area contributed by atoms with E-state index in [1.165, 1.54) is 0 Å². The van der Waals surface area contributed by atoms with Gasteiger partial charge in [-0.15, -0.1) is 11.3 Å². The maximum atomic E-state index is 11.7. The average molecular weight is 276 g/mol. The molecule has 2 rings (SSSR count). The second-order valence-corrected chi connectivity index (χ2v) is 5.09. The maximum absolute atomic E-state index is 11.7. The summed E-state index contributed by atoms with van der Waals surface area (Å²) in [5, 5.41) is 4.79. The summed E-state index contributed by atoms with van der Waals surface area (Å²) in [6, 6.07) is 11.1. The van der Waals surface area contributed by atoms with Crippen molar-refractivity contribution in [2.75, 3.05) is 17.7 Å². The number of carbonyl (C=O) groups excluding carboxylic acids is 1. The van der Waals surface area contributed by atoms with Gasteiger partial charge in [0.2, 0.25) is 5.91 Å². The summed E-state index contributed by atoms with van der Waals surface area (Å²) >= 11 is 1.65. The molecular formula is C14H16N2O2S. The molecule has 0 fully saturated rings. The van der Waals surface area contributed by atoms with Crippen molar-refractivity contribution >= 4 is 28.6 Å². The maximum Gasteiger partial charge on any atom is 0.226 e. The van der Waals surface area contributed by atoms with E-state index in [4.69, 9.17) is 10.5 Å². The molecule has 100 valence electrons. The van der Waals surface area contributed by atoms with Crippen molar-refractivity contribution in [1.82, 2.24) is 0 Å². The van der Waals surface area contributed by atoms with E-state index < -0.39 is 0 Å². The van der Waals surface area contributed by atoms with E-state index in [-0.39, 0.29) is 5.91 Å². The van der Waals surface area contributed by atoms with E-state index in [0.29, 0.717) is 31.0 Å². The normalized spacial score (nSPS) is 10.3. The molecule has 0 saturated carbocycles. The first kappa shape index (κ1) is 13.6. The summed E-state index contributed by atoms with van der Waals surface area (Å²) in [6.07, 6.45) is 0.334. The molecule has 0 aliphatic carbocycles. The third-order valence-electron chi connectivity index (χ3n) is 2.47. The zero-order chi connectivity index (χ0) is 13.5. The molecule has 0 unspecified atom stereocenters. The predicted molar refractivity (Wildman–Crippen MR) is 78.1 cm³/mol. The zero-order valence-corrected chi connectivity index (χ0v) is 11.3. The third-order valence-corrected chi connectivity index (χ3v) is 3.32. The molecule has 1 amide bonds. The monoisotopic (exact) mass is 276 g/mol. The quantitative estimate of drug-likeness (QED) is 0.630. The molecule has 1 aromatic heterocycles. The molecule has 0 aliphatic rings. The van der Waals surface area contributed by atoms with E-state index in [1.807, 2.05) is 17.5 Å². The Bertz CT molecular complexity index is 526. The molecule has 0 saturated heterocycles. The number of carbonyl (C=O) groups is 1. The lowest BCUT2D eigenvalue weighted by atomic mass is 10.3. The number of hydrogen-bond donors (Lipinski definition) is 2. The molecule has 1 heterocycles. The standard InChI is InChI=1S/C14H16N2O2S/c15-11-3-1-4-12(9-11)16-14(17)6-7-18-10-13-5-2-8-19-13/h1-5,8-9H,6-7,10,15H2,(H,16,17). The Morgan fingerprint density at radius 3 is 2.95 bits per heavy atom. The first-order chi connectivity index (χ1) is 9.24. The minimum atomic E-state index is -0.0724. The average Bonchev–Trinajstić information content (AvgIpc) is 2.88. The lowest BCUT2D eigenvalue weighted by Crippen LogP contribution is -2.14. The first-order valence-corrected chi connectivity index (χ1v) is 6.87. The highest BCUT2D eigenvalue weighted by molar-refractivity contribution is 7.09. The zero-order valence-electron chi connectivity index (χ0n) is 10.5. The van der Waals surface area contributed by atoms with Gasteiger partial charge in [-0.3, -0.25) is 4.79 Å². The second kappa shape index (κ2) is 6.92. The molecule has 1 aromatic carbocycles. The van der Waals surface area contributed by atoms with Crippen molar-refractivity contribution in [2.45, 2.75) is 13.0 Å². The van der Waals surface area contributed by atoms with Gasteiger partial charge in [-0.2, -0.15) is 0 Å². The minimum absolute atomic E-state index is 0.0724. The topological polar surface area (TPSA) is 64.3 Å². The number of nitrogens with one attached hydrogen (secondary N) is 1. The molecule has 0 bridgehead atoms. The predicted octanol–water partition coefficient (Wildman–Crippen LogP) is 2.88. The van der Waals surface area contributed by atoms with Gasteiger partial charge in [0.05, 0.1) is 19.6 Å². The van der Waals surface area contributed by atoms with E-state index in [1.54, 1.807) is 35.6 Å². The van der Waals surface area contributed by atoms with Gasteiger partial charge >= 0.3 is 0 Å². The van der Waals surface area contributed by atoms with Gasteiger partial charge < -0.3 is 15.8 Å². The summed E-state index contributed by atoms with van der Waals surface area (Å²) in [4.78, 5) is 12.8. The molecule has 3 N–H and O–H groups in total. The Morgan fingerprint density at radius 2 is 2.21 bits per heavy atom. The Hall–Kier alpha value is -1.85. The van der Waals surface area contributed by atoms with Crippen LogP contribution in [-0.4, -0.2) is 12.5 Å². The van der Waals surface area contributed by atoms with Crippen LogP contribution in [0.2, 0.25) is 0 Å². The third kappa shape index (κ3) is 4.73. The number of anilines is 2. The van der Waals surface area contributed by atoms with Crippen LogP contribution >= 0.6 is 11.3 Å². The van der Waals surface area contributed by atoms with Crippen molar-refractivity contribution in [3.8, 4) is 0 Å². The van der Waals surface area contributed by atoms with Crippen molar-refractivity contribution in [3.63, 3.8) is 0 Å². The lowest BCUT2D eigenvalue weighted by Gasteiger charge is -2.06. The fourth-order valence-corrected chi connectivity index (χ4v) is 2.21. The Kier molecular flexibility index (Phi) is 4.94. The van der Waals surface area contributed by atoms with Crippen LogP contribution in [0.25, 0.3) is 0 Å². The number of nitrogen functional groups attached to an aromatic ring is 1. The van der Waals surface area contributed by atoms with E-state index >= 15 is 0 Å². The number of hydrogen-bond acceptors (Lipinski definition) is 4. The smallest absolute Gasteiger partial charge is 0.226 e. The summed E-state index contributed by atoms with van der Waals surface area (Å²) in [6.45, 7) is 0.968. The molecule has 19 heavy (non-hydrogen) atoms. The lowest BCUT2D eigenvalue weighted by molar-refractivity contribution is -0.117. The van der Waals surface area contributed by atoms with Gasteiger partial charge in [0.25, 0.3) is 0 Å². The highest BCUT2D eigenvalue weighted by atomic mass is 32.1. The molecule has 4 nitrogen and oxygen atoms in total. The molecule has 0 radical (unpaired) electrons. The molecule has 0 aliphatic heterocycles. The van der Waals surface area contributed by atoms with Crippen molar-refractivity contribution < 1.29 is 9.53 Å². The van der Waals surface area contributed by atoms with Gasteiger partial charge in [0.15, 0.2) is 0 Å². The molecule has 2 aromatic rings. The Morgan fingerprint density at radius 1 is 1.32 bits per heavy atom. The van der Waals surface area contributed by atoms with Crippen molar-refractivity contribution in [3.05, 3.63) is 46.7 Å². The van der Waals surface area contributed by atoms with Gasteiger partial charge in [-0.1, -0.05) is 12.1 Å². The van der Waals surface area contributed by atoms with Gasteiger partial charge in [0, 0.05) is 16.3 Å². The van der Waals surface area contributed by atoms with E-state index in [2.05, 4.69) is 5.32 Å². The highest BCUT2D eigenvalue weighted by Gasteiger charge is 2.03. The van der Waals surface area contributed by atoms with E-state index in [0.717, 1.165) is 4.88 Å². The van der Waals surface area contributed by atoms with Gasteiger partial charge in [-0.25, -0.2) is 0 Å². The van der Waals surface area contributed by atoms with Crippen molar-refractivity contribution in [2.24, 2.45) is 0 Å². The van der Waals surface area contributed by atoms with Crippen LogP contribution in [0.5, 0.6) is 0 Å². The van der Waals surface area contributed by atoms with Gasteiger partial charge in [-0.05, 0) is 29.6 Å². The summed E-state index contributed by atoms with van der Waals surface area (Å²) < 4.78 is 5.44. The SMILES string of the molecule is Nc1cccc(NC(=O)CCOCc2cccs2)c1. The number of thiophene rings is 1.